The number of benzene rings is 2. The Balaban J connectivity index is 1.79. The second-order valence-corrected chi connectivity index (χ2v) is 5.86. The van der Waals surface area contributed by atoms with E-state index in [1.54, 1.807) is 12.1 Å². The summed E-state index contributed by atoms with van der Waals surface area (Å²) in [6, 6.07) is 12.5. The Morgan fingerprint density at radius 1 is 1.14 bits per heavy atom. The molecule has 0 unspecified atom stereocenters. The fourth-order valence-electron chi connectivity index (χ4n) is 1.90. The Labute approximate surface area is 136 Å². The standard InChI is InChI=1S/C15H14BrClN2O2/c16-14-9-12(3-6-15(14)17)10-18-8-7-11-1-4-13(5-2-11)19(20)21/h1-6,9,18H,7-8,10H2. The second-order valence-electron chi connectivity index (χ2n) is 4.60. The molecular weight excluding hydrogens is 356 g/mol. The molecule has 0 fully saturated rings. The van der Waals surface area contributed by atoms with Crippen molar-refractivity contribution < 1.29 is 4.92 Å². The van der Waals surface area contributed by atoms with E-state index in [0.717, 1.165) is 35.1 Å². The lowest BCUT2D eigenvalue weighted by molar-refractivity contribution is -0.384. The van der Waals surface area contributed by atoms with Gasteiger partial charge in [-0.15, -0.1) is 0 Å². The molecule has 110 valence electrons. The number of nitrogens with one attached hydrogen (secondary N) is 1. The molecule has 0 saturated carbocycles. The molecule has 0 saturated heterocycles. The van der Waals surface area contributed by atoms with Crippen molar-refractivity contribution in [3.05, 3.63) is 73.2 Å². The molecule has 0 heterocycles. The highest BCUT2D eigenvalue weighted by molar-refractivity contribution is 9.10. The number of nitro groups is 1. The number of halogens is 2. The summed E-state index contributed by atoms with van der Waals surface area (Å²) in [5.41, 5.74) is 2.35. The fraction of sp³-hybridized carbons (Fsp3) is 0.200. The van der Waals surface area contributed by atoms with Crippen molar-refractivity contribution in [1.82, 2.24) is 5.32 Å². The number of hydrogen-bond acceptors (Lipinski definition) is 3. The Bertz CT molecular complexity index is 632. The highest BCUT2D eigenvalue weighted by Gasteiger charge is 2.03. The summed E-state index contributed by atoms with van der Waals surface area (Å²) in [6.07, 6.45) is 0.826. The third-order valence-corrected chi connectivity index (χ3v) is 4.26. The van der Waals surface area contributed by atoms with Crippen LogP contribution in [0.5, 0.6) is 0 Å². The predicted octanol–water partition coefficient (Wildman–Crippen LogP) is 4.34. The van der Waals surface area contributed by atoms with Crippen molar-refractivity contribution >= 4 is 33.2 Å². The third-order valence-electron chi connectivity index (χ3n) is 3.05. The summed E-state index contributed by atoms with van der Waals surface area (Å²) < 4.78 is 0.888. The zero-order valence-electron chi connectivity index (χ0n) is 11.2. The van der Waals surface area contributed by atoms with Gasteiger partial charge in [-0.05, 0) is 52.2 Å². The number of hydrogen-bond donors (Lipinski definition) is 1. The summed E-state index contributed by atoms with van der Waals surface area (Å²) >= 11 is 9.34. The van der Waals surface area contributed by atoms with Gasteiger partial charge in [0.05, 0.1) is 9.95 Å². The zero-order valence-corrected chi connectivity index (χ0v) is 13.5. The largest absolute Gasteiger partial charge is 0.312 e. The number of non-ortho nitro benzene ring substituents is 1. The van der Waals surface area contributed by atoms with E-state index >= 15 is 0 Å². The van der Waals surface area contributed by atoms with Gasteiger partial charge in [0.25, 0.3) is 5.69 Å². The van der Waals surface area contributed by atoms with Crippen molar-refractivity contribution in [2.24, 2.45) is 0 Å². The molecule has 0 aliphatic heterocycles. The van der Waals surface area contributed by atoms with Gasteiger partial charge in [-0.2, -0.15) is 0 Å². The van der Waals surface area contributed by atoms with Crippen molar-refractivity contribution in [3.8, 4) is 0 Å². The van der Waals surface area contributed by atoms with Crippen LogP contribution in [0, 0.1) is 10.1 Å². The second kappa shape index (κ2) is 7.54. The van der Waals surface area contributed by atoms with E-state index < -0.39 is 0 Å². The molecule has 0 bridgehead atoms. The summed E-state index contributed by atoms with van der Waals surface area (Å²) in [5.74, 6) is 0. The van der Waals surface area contributed by atoms with Gasteiger partial charge < -0.3 is 5.32 Å². The summed E-state index contributed by atoms with van der Waals surface area (Å²) in [4.78, 5) is 10.2. The summed E-state index contributed by atoms with van der Waals surface area (Å²) in [5, 5.41) is 14.6. The van der Waals surface area contributed by atoms with Gasteiger partial charge in [0.1, 0.15) is 0 Å². The monoisotopic (exact) mass is 368 g/mol. The highest BCUT2D eigenvalue weighted by atomic mass is 79.9. The van der Waals surface area contributed by atoms with E-state index in [1.165, 1.54) is 12.1 Å². The molecule has 0 aliphatic carbocycles. The molecule has 0 aromatic heterocycles. The smallest absolute Gasteiger partial charge is 0.269 e. The molecule has 21 heavy (non-hydrogen) atoms. The molecule has 4 nitrogen and oxygen atoms in total. The minimum absolute atomic E-state index is 0.123. The lowest BCUT2D eigenvalue weighted by atomic mass is 10.1. The normalized spacial score (nSPS) is 10.6. The van der Waals surface area contributed by atoms with E-state index in [0.29, 0.717) is 5.02 Å². The van der Waals surface area contributed by atoms with Crippen LogP contribution < -0.4 is 5.32 Å². The third kappa shape index (κ3) is 4.81. The van der Waals surface area contributed by atoms with Gasteiger partial charge in [0.15, 0.2) is 0 Å². The Hall–Kier alpha value is -1.43. The van der Waals surface area contributed by atoms with Crippen molar-refractivity contribution in [2.75, 3.05) is 6.54 Å². The number of nitro benzene ring substituents is 1. The first-order chi connectivity index (χ1) is 10.1. The molecule has 0 radical (unpaired) electrons. The number of nitrogens with zero attached hydrogens (tertiary/aromatic N) is 1. The van der Waals surface area contributed by atoms with Crippen LogP contribution in [-0.2, 0) is 13.0 Å². The van der Waals surface area contributed by atoms with Gasteiger partial charge >= 0.3 is 0 Å². The van der Waals surface area contributed by atoms with Crippen LogP contribution in [0.3, 0.4) is 0 Å². The average Bonchev–Trinajstić information content (AvgIpc) is 2.47. The van der Waals surface area contributed by atoms with Crippen molar-refractivity contribution in [1.29, 1.82) is 0 Å². The molecule has 2 rings (SSSR count). The number of rotatable bonds is 6. The van der Waals surface area contributed by atoms with Crippen LogP contribution in [-0.4, -0.2) is 11.5 Å². The average molecular weight is 370 g/mol. The molecule has 2 aromatic rings. The SMILES string of the molecule is O=[N+]([O-])c1ccc(CCNCc2ccc(Cl)c(Br)c2)cc1. The summed E-state index contributed by atoms with van der Waals surface area (Å²) in [7, 11) is 0. The van der Waals surface area contributed by atoms with Gasteiger partial charge in [-0.1, -0.05) is 29.8 Å². The van der Waals surface area contributed by atoms with Crippen LogP contribution in [0.2, 0.25) is 5.02 Å². The van der Waals surface area contributed by atoms with Crippen LogP contribution in [0.25, 0.3) is 0 Å². The Kier molecular flexibility index (Phi) is 5.73. The first-order valence-corrected chi connectivity index (χ1v) is 7.61. The zero-order chi connectivity index (χ0) is 15.2. The molecule has 2 aromatic carbocycles. The van der Waals surface area contributed by atoms with Crippen molar-refractivity contribution in [3.63, 3.8) is 0 Å². The molecule has 0 spiro atoms. The lowest BCUT2D eigenvalue weighted by Gasteiger charge is -2.06. The maximum Gasteiger partial charge on any atom is 0.269 e. The van der Waals surface area contributed by atoms with Crippen LogP contribution >= 0.6 is 27.5 Å². The molecule has 0 atom stereocenters. The molecule has 1 N–H and O–H groups in total. The minimum Gasteiger partial charge on any atom is -0.312 e. The molecule has 6 heteroatoms. The maximum atomic E-state index is 10.6. The maximum absolute atomic E-state index is 10.6. The highest BCUT2D eigenvalue weighted by Crippen LogP contribution is 2.23. The van der Waals surface area contributed by atoms with Gasteiger partial charge in [-0.3, -0.25) is 10.1 Å². The van der Waals surface area contributed by atoms with Gasteiger partial charge in [0, 0.05) is 23.2 Å². The first-order valence-electron chi connectivity index (χ1n) is 6.44. The van der Waals surface area contributed by atoms with Gasteiger partial charge in [0.2, 0.25) is 0 Å². The predicted molar refractivity (Wildman–Crippen MR) is 87.7 cm³/mol. The fourth-order valence-corrected chi connectivity index (χ4v) is 2.44. The van der Waals surface area contributed by atoms with Crippen molar-refractivity contribution in [2.45, 2.75) is 13.0 Å². The summed E-state index contributed by atoms with van der Waals surface area (Å²) in [6.45, 7) is 1.56. The van der Waals surface area contributed by atoms with Crippen LogP contribution in [0.4, 0.5) is 5.69 Å². The van der Waals surface area contributed by atoms with Crippen LogP contribution in [0.1, 0.15) is 11.1 Å². The minimum atomic E-state index is -0.388. The first kappa shape index (κ1) is 15.9. The topological polar surface area (TPSA) is 55.2 Å². The van der Waals surface area contributed by atoms with Gasteiger partial charge in [-0.25, -0.2) is 0 Å². The lowest BCUT2D eigenvalue weighted by Crippen LogP contribution is -2.16. The molecule has 0 amide bonds. The van der Waals surface area contributed by atoms with E-state index in [4.69, 9.17) is 11.6 Å². The Morgan fingerprint density at radius 2 is 1.81 bits per heavy atom. The van der Waals surface area contributed by atoms with E-state index in [9.17, 15) is 10.1 Å². The molecular formula is C15H14BrClN2O2. The van der Waals surface area contributed by atoms with Crippen LogP contribution in [0.15, 0.2) is 46.9 Å². The molecule has 0 aliphatic rings. The quantitative estimate of drug-likeness (QED) is 0.468. The van der Waals surface area contributed by atoms with E-state index in [2.05, 4.69) is 21.2 Å². The van der Waals surface area contributed by atoms with E-state index in [-0.39, 0.29) is 10.6 Å². The Morgan fingerprint density at radius 3 is 2.43 bits per heavy atom. The van der Waals surface area contributed by atoms with E-state index in [1.807, 2.05) is 18.2 Å².